The molecule has 0 radical (unpaired) electrons. The van der Waals surface area contributed by atoms with Crippen LogP contribution in [0.5, 0.6) is 0 Å². The number of nitrogens with zero attached hydrogens (tertiary/aromatic N) is 2. The van der Waals surface area contributed by atoms with Gasteiger partial charge in [0.05, 0.1) is 11.3 Å². The predicted octanol–water partition coefficient (Wildman–Crippen LogP) is 2.55. The number of fused-ring (bicyclic) bond motifs is 1. The topological polar surface area (TPSA) is 92.5 Å². The number of piperazine rings is 1. The number of hydrogen-bond acceptors (Lipinski definition) is 4. The van der Waals surface area contributed by atoms with Crippen molar-refractivity contribution in [2.45, 2.75) is 13.8 Å². The molecule has 3 heterocycles. The Hall–Kier alpha value is -3.17. The lowest BCUT2D eigenvalue weighted by molar-refractivity contribution is -0.110. The molecule has 9 heteroatoms. The maximum Gasteiger partial charge on any atom is 0.321 e. The van der Waals surface area contributed by atoms with Crippen LogP contribution in [-0.4, -0.2) is 60.1 Å². The highest BCUT2D eigenvalue weighted by Crippen LogP contribution is 2.35. The zero-order valence-corrected chi connectivity index (χ0v) is 17.2. The summed E-state index contributed by atoms with van der Waals surface area (Å²) in [6, 6.07) is 4.06. The van der Waals surface area contributed by atoms with Crippen LogP contribution in [0.15, 0.2) is 18.2 Å². The first-order chi connectivity index (χ1) is 14.4. The van der Waals surface area contributed by atoms with Crippen LogP contribution in [0.1, 0.15) is 22.5 Å². The Bertz CT molecular complexity index is 1040. The van der Waals surface area contributed by atoms with E-state index in [0.717, 1.165) is 24.3 Å². The van der Waals surface area contributed by atoms with Gasteiger partial charge in [-0.15, -0.1) is 0 Å². The minimum atomic E-state index is -0.401. The number of anilines is 2. The van der Waals surface area contributed by atoms with Gasteiger partial charge in [0.2, 0.25) is 0 Å². The minimum Gasteiger partial charge on any atom is -0.357 e. The largest absolute Gasteiger partial charge is 0.357 e. The number of aromatic amines is 1. The SMILES string of the molecule is CNN1CCN(C(=O)Nc2c(C)[nH]c(/C=C3\C(=O)Nc4ccc(F)cc43)c2C)CC1. The van der Waals surface area contributed by atoms with Gasteiger partial charge in [-0.25, -0.2) is 14.2 Å². The van der Waals surface area contributed by atoms with E-state index in [-0.39, 0.29) is 11.9 Å². The third kappa shape index (κ3) is 3.69. The minimum absolute atomic E-state index is 0.152. The second-order valence-electron chi connectivity index (χ2n) is 7.49. The van der Waals surface area contributed by atoms with Crippen LogP contribution in [0.3, 0.4) is 0 Å². The fourth-order valence-electron chi connectivity index (χ4n) is 3.87. The Kier molecular flexibility index (Phi) is 5.31. The van der Waals surface area contributed by atoms with E-state index in [1.165, 1.54) is 12.1 Å². The Morgan fingerprint density at radius 3 is 2.63 bits per heavy atom. The third-order valence-electron chi connectivity index (χ3n) is 5.64. The molecule has 4 N–H and O–H groups in total. The van der Waals surface area contributed by atoms with E-state index in [0.29, 0.717) is 41.3 Å². The number of urea groups is 1. The number of rotatable bonds is 3. The molecule has 2 aliphatic rings. The maximum absolute atomic E-state index is 13.7. The first-order valence-corrected chi connectivity index (χ1v) is 9.87. The molecule has 0 saturated carbocycles. The van der Waals surface area contributed by atoms with Crippen molar-refractivity contribution in [3.8, 4) is 0 Å². The number of H-pyrrole nitrogens is 1. The van der Waals surface area contributed by atoms with Crippen molar-refractivity contribution in [2.24, 2.45) is 0 Å². The van der Waals surface area contributed by atoms with E-state index in [4.69, 9.17) is 0 Å². The Morgan fingerprint density at radius 1 is 1.20 bits per heavy atom. The van der Waals surface area contributed by atoms with Crippen molar-refractivity contribution in [3.63, 3.8) is 0 Å². The van der Waals surface area contributed by atoms with Gasteiger partial charge in [-0.2, -0.15) is 0 Å². The normalized spacial score (nSPS) is 17.9. The second-order valence-corrected chi connectivity index (χ2v) is 7.49. The fraction of sp³-hybridized carbons (Fsp3) is 0.333. The van der Waals surface area contributed by atoms with E-state index < -0.39 is 5.82 Å². The lowest BCUT2D eigenvalue weighted by Crippen LogP contribution is -2.53. The van der Waals surface area contributed by atoms with Gasteiger partial charge in [-0.1, -0.05) is 0 Å². The molecule has 0 spiro atoms. The molecule has 30 heavy (non-hydrogen) atoms. The molecule has 4 rings (SSSR count). The van der Waals surface area contributed by atoms with E-state index in [1.807, 2.05) is 20.9 Å². The second kappa shape index (κ2) is 7.92. The highest BCUT2D eigenvalue weighted by Gasteiger charge is 2.26. The molecular formula is C21H25FN6O2. The molecule has 1 saturated heterocycles. The van der Waals surface area contributed by atoms with Gasteiger partial charge in [-0.05, 0) is 50.7 Å². The van der Waals surface area contributed by atoms with Crippen LogP contribution in [0.4, 0.5) is 20.6 Å². The molecule has 2 aliphatic heterocycles. The summed E-state index contributed by atoms with van der Waals surface area (Å²) >= 11 is 0. The molecule has 0 atom stereocenters. The van der Waals surface area contributed by atoms with Crippen LogP contribution >= 0.6 is 0 Å². The summed E-state index contributed by atoms with van der Waals surface area (Å²) in [4.78, 5) is 30.1. The molecule has 3 amide bonds. The van der Waals surface area contributed by atoms with Gasteiger partial charge in [0.15, 0.2) is 0 Å². The number of aryl methyl sites for hydroxylation is 1. The number of hydrogen-bond donors (Lipinski definition) is 4. The van der Waals surface area contributed by atoms with Crippen molar-refractivity contribution in [2.75, 3.05) is 43.9 Å². The van der Waals surface area contributed by atoms with E-state index in [2.05, 4.69) is 26.1 Å². The number of hydrazine groups is 1. The molecule has 0 aliphatic carbocycles. The number of halogens is 1. The highest BCUT2D eigenvalue weighted by molar-refractivity contribution is 6.34. The number of aromatic nitrogens is 1. The Morgan fingerprint density at radius 2 is 1.93 bits per heavy atom. The molecule has 158 valence electrons. The molecule has 1 aromatic heterocycles. The summed E-state index contributed by atoms with van der Waals surface area (Å²) < 4.78 is 13.7. The Balaban J connectivity index is 1.56. The van der Waals surface area contributed by atoms with Gasteiger partial charge >= 0.3 is 6.03 Å². The number of carbonyl (C=O) groups excluding carboxylic acids is 2. The summed E-state index contributed by atoms with van der Waals surface area (Å²) in [5.41, 5.74) is 7.59. The predicted molar refractivity (Wildman–Crippen MR) is 114 cm³/mol. The van der Waals surface area contributed by atoms with Crippen molar-refractivity contribution in [1.29, 1.82) is 0 Å². The quantitative estimate of drug-likeness (QED) is 0.583. The zero-order valence-electron chi connectivity index (χ0n) is 17.2. The summed E-state index contributed by atoms with van der Waals surface area (Å²) in [6.07, 6.45) is 1.70. The lowest BCUT2D eigenvalue weighted by Gasteiger charge is -2.34. The highest BCUT2D eigenvalue weighted by atomic mass is 19.1. The molecule has 1 aromatic carbocycles. The fourth-order valence-corrected chi connectivity index (χ4v) is 3.87. The van der Waals surface area contributed by atoms with Crippen LogP contribution in [-0.2, 0) is 4.79 Å². The molecular weight excluding hydrogens is 387 g/mol. The number of benzene rings is 1. The maximum atomic E-state index is 13.7. The van der Waals surface area contributed by atoms with Gasteiger partial charge in [-0.3, -0.25) is 10.2 Å². The summed E-state index contributed by atoms with van der Waals surface area (Å²) in [5.74, 6) is -0.683. The summed E-state index contributed by atoms with van der Waals surface area (Å²) in [5, 5.41) is 7.80. The number of nitrogens with one attached hydrogen (secondary N) is 4. The molecule has 8 nitrogen and oxygen atoms in total. The van der Waals surface area contributed by atoms with Crippen molar-refractivity contribution >= 4 is 35.0 Å². The first-order valence-electron chi connectivity index (χ1n) is 9.87. The summed E-state index contributed by atoms with van der Waals surface area (Å²) in [6.45, 7) is 6.54. The van der Waals surface area contributed by atoms with Crippen LogP contribution in [0.25, 0.3) is 11.6 Å². The van der Waals surface area contributed by atoms with E-state index >= 15 is 0 Å². The average Bonchev–Trinajstić information content (AvgIpc) is 3.18. The van der Waals surface area contributed by atoms with Crippen LogP contribution in [0, 0.1) is 19.7 Å². The molecule has 1 fully saturated rings. The monoisotopic (exact) mass is 412 g/mol. The number of amides is 3. The van der Waals surface area contributed by atoms with Crippen LogP contribution in [0.2, 0.25) is 0 Å². The molecule has 0 bridgehead atoms. The third-order valence-corrected chi connectivity index (χ3v) is 5.64. The Labute approximate surface area is 174 Å². The van der Waals surface area contributed by atoms with Gasteiger partial charge < -0.3 is 20.5 Å². The van der Waals surface area contributed by atoms with E-state index in [1.54, 1.807) is 17.0 Å². The molecule has 2 aromatic rings. The van der Waals surface area contributed by atoms with Gasteiger partial charge in [0.25, 0.3) is 5.91 Å². The zero-order chi connectivity index (χ0) is 21.4. The average molecular weight is 412 g/mol. The van der Waals surface area contributed by atoms with Crippen LogP contribution < -0.4 is 16.1 Å². The van der Waals surface area contributed by atoms with Gasteiger partial charge in [0.1, 0.15) is 5.82 Å². The standard InChI is InChI=1S/C21H25FN6O2/c1-12-18(11-16-15-10-14(22)4-5-17(15)25-20(16)29)24-13(2)19(12)26-21(30)27-6-8-28(23-3)9-7-27/h4-5,10-11,23-24H,6-9H2,1-3H3,(H,25,29)(H,26,30)/b16-11-. The lowest BCUT2D eigenvalue weighted by atomic mass is 10.0. The van der Waals surface area contributed by atoms with Gasteiger partial charge in [0, 0.05) is 48.8 Å². The first kappa shape index (κ1) is 20.1. The summed E-state index contributed by atoms with van der Waals surface area (Å²) in [7, 11) is 1.87. The van der Waals surface area contributed by atoms with E-state index in [9.17, 15) is 14.0 Å². The van der Waals surface area contributed by atoms with Crippen molar-refractivity contribution in [3.05, 3.63) is 46.5 Å². The van der Waals surface area contributed by atoms with Crippen molar-refractivity contribution < 1.29 is 14.0 Å². The smallest absolute Gasteiger partial charge is 0.321 e. The number of carbonyl (C=O) groups is 2. The van der Waals surface area contributed by atoms with Crippen molar-refractivity contribution in [1.82, 2.24) is 20.3 Å². The molecule has 0 unspecified atom stereocenters.